The maximum absolute atomic E-state index is 12.2. The van der Waals surface area contributed by atoms with Crippen molar-refractivity contribution in [2.24, 2.45) is 5.92 Å². The van der Waals surface area contributed by atoms with E-state index in [1.165, 1.54) is 9.75 Å². The Morgan fingerprint density at radius 1 is 1.50 bits per heavy atom. The molecule has 112 valence electrons. The molecule has 2 rings (SSSR count). The maximum atomic E-state index is 12.2. The van der Waals surface area contributed by atoms with Crippen LogP contribution >= 0.6 is 11.3 Å². The Hall–Kier alpha value is -1.07. The van der Waals surface area contributed by atoms with E-state index in [9.17, 15) is 4.79 Å². The van der Waals surface area contributed by atoms with Crippen molar-refractivity contribution >= 4 is 17.4 Å². The Morgan fingerprint density at radius 3 is 2.75 bits per heavy atom. The fourth-order valence-electron chi connectivity index (χ4n) is 2.57. The molecule has 20 heavy (non-hydrogen) atoms. The van der Waals surface area contributed by atoms with Gasteiger partial charge in [-0.2, -0.15) is 0 Å². The number of aryl methyl sites for hydroxylation is 1. The van der Waals surface area contributed by atoms with Gasteiger partial charge in [-0.05, 0) is 44.7 Å². The van der Waals surface area contributed by atoms with E-state index in [1.807, 2.05) is 11.8 Å². The molecule has 1 aliphatic rings. The van der Waals surface area contributed by atoms with Crippen molar-refractivity contribution in [2.75, 3.05) is 19.7 Å². The fraction of sp³-hybridized carbons (Fsp3) is 0.667. The van der Waals surface area contributed by atoms with Gasteiger partial charge in [0.25, 0.3) is 0 Å². The predicted octanol–water partition coefficient (Wildman–Crippen LogP) is 2.40. The number of thiophene rings is 1. The summed E-state index contributed by atoms with van der Waals surface area (Å²) in [6, 6.07) is 4.43. The molecule has 1 fully saturated rings. The van der Waals surface area contributed by atoms with Crippen LogP contribution in [0.3, 0.4) is 0 Å². The van der Waals surface area contributed by atoms with Gasteiger partial charge >= 0.3 is 6.03 Å². The van der Waals surface area contributed by atoms with E-state index >= 15 is 0 Å². The first-order chi connectivity index (χ1) is 9.58. The van der Waals surface area contributed by atoms with Crippen LogP contribution in [-0.4, -0.2) is 41.8 Å². The summed E-state index contributed by atoms with van der Waals surface area (Å²) in [5.74, 6) is 0.366. The topological polar surface area (TPSA) is 52.6 Å². The van der Waals surface area contributed by atoms with Gasteiger partial charge in [0, 0.05) is 41.9 Å². The normalized spacial score (nSPS) is 18.1. The SMILES string of the molecule is Cc1ccc(CC(C)NC(=O)N2CCC(CO)CC2)s1. The van der Waals surface area contributed by atoms with Gasteiger partial charge in [0.05, 0.1) is 0 Å². The molecule has 0 bridgehead atoms. The molecule has 4 nitrogen and oxygen atoms in total. The van der Waals surface area contributed by atoms with Gasteiger partial charge in [-0.3, -0.25) is 0 Å². The highest BCUT2D eigenvalue weighted by atomic mass is 32.1. The molecule has 1 aliphatic heterocycles. The van der Waals surface area contributed by atoms with Crippen LogP contribution in [0.5, 0.6) is 0 Å². The van der Waals surface area contributed by atoms with Crippen molar-refractivity contribution < 1.29 is 9.90 Å². The molecule has 0 radical (unpaired) electrons. The van der Waals surface area contributed by atoms with Gasteiger partial charge in [-0.1, -0.05) is 0 Å². The largest absolute Gasteiger partial charge is 0.396 e. The van der Waals surface area contributed by atoms with Crippen molar-refractivity contribution in [2.45, 2.75) is 39.2 Å². The highest BCUT2D eigenvalue weighted by Crippen LogP contribution is 2.18. The first kappa shape index (κ1) is 15.3. The Bertz CT molecular complexity index is 439. The Balaban J connectivity index is 1.76. The third-order valence-corrected chi connectivity index (χ3v) is 4.86. The summed E-state index contributed by atoms with van der Waals surface area (Å²) in [5.41, 5.74) is 0. The Morgan fingerprint density at radius 2 is 2.20 bits per heavy atom. The van der Waals surface area contributed by atoms with Gasteiger partial charge in [0.1, 0.15) is 0 Å². The highest BCUT2D eigenvalue weighted by molar-refractivity contribution is 7.11. The zero-order chi connectivity index (χ0) is 14.5. The van der Waals surface area contributed by atoms with E-state index < -0.39 is 0 Å². The van der Waals surface area contributed by atoms with E-state index in [1.54, 1.807) is 11.3 Å². The number of likely N-dealkylation sites (tertiary alicyclic amines) is 1. The number of nitrogens with one attached hydrogen (secondary N) is 1. The monoisotopic (exact) mass is 296 g/mol. The quantitative estimate of drug-likeness (QED) is 0.896. The minimum absolute atomic E-state index is 0.0298. The lowest BCUT2D eigenvalue weighted by Crippen LogP contribution is -2.47. The molecule has 1 aromatic rings. The van der Waals surface area contributed by atoms with Crippen molar-refractivity contribution in [1.82, 2.24) is 10.2 Å². The smallest absolute Gasteiger partial charge is 0.317 e. The molecule has 2 heterocycles. The molecular weight excluding hydrogens is 272 g/mol. The van der Waals surface area contributed by atoms with E-state index in [2.05, 4.69) is 24.4 Å². The zero-order valence-electron chi connectivity index (χ0n) is 12.3. The number of carbonyl (C=O) groups excluding carboxylic acids is 1. The Labute approximate surface area is 124 Å². The Kier molecular flexibility index (Phi) is 5.43. The molecular formula is C15H24N2O2S. The summed E-state index contributed by atoms with van der Waals surface area (Å²) >= 11 is 1.79. The number of aliphatic hydroxyl groups is 1. The lowest BCUT2D eigenvalue weighted by Gasteiger charge is -2.32. The second-order valence-electron chi connectivity index (χ2n) is 5.68. The fourth-order valence-corrected chi connectivity index (χ4v) is 3.59. The number of hydrogen-bond acceptors (Lipinski definition) is 3. The zero-order valence-corrected chi connectivity index (χ0v) is 13.1. The summed E-state index contributed by atoms with van der Waals surface area (Å²) in [6.07, 6.45) is 2.70. The second kappa shape index (κ2) is 7.09. The second-order valence-corrected chi connectivity index (χ2v) is 7.05. The summed E-state index contributed by atoms with van der Waals surface area (Å²) in [4.78, 5) is 16.6. The first-order valence-electron chi connectivity index (χ1n) is 7.30. The van der Waals surface area contributed by atoms with Crippen molar-refractivity contribution in [1.29, 1.82) is 0 Å². The van der Waals surface area contributed by atoms with E-state index in [-0.39, 0.29) is 18.7 Å². The molecule has 1 atom stereocenters. The summed E-state index contributed by atoms with van der Waals surface area (Å²) in [5, 5.41) is 12.2. The third kappa shape index (κ3) is 4.21. The van der Waals surface area contributed by atoms with Crippen molar-refractivity contribution in [3.05, 3.63) is 21.9 Å². The molecule has 2 amide bonds. The molecule has 2 N–H and O–H groups in total. The van der Waals surface area contributed by atoms with Crippen LogP contribution in [0, 0.1) is 12.8 Å². The lowest BCUT2D eigenvalue weighted by molar-refractivity contribution is 0.136. The number of nitrogens with zero attached hydrogens (tertiary/aromatic N) is 1. The summed E-state index contributed by atoms with van der Waals surface area (Å²) < 4.78 is 0. The number of carbonyl (C=O) groups is 1. The molecule has 0 spiro atoms. The molecule has 0 aliphatic carbocycles. The van der Waals surface area contributed by atoms with Crippen LogP contribution in [0.25, 0.3) is 0 Å². The third-order valence-electron chi connectivity index (χ3n) is 3.83. The summed E-state index contributed by atoms with van der Waals surface area (Å²) in [6.45, 7) is 5.89. The number of hydrogen-bond donors (Lipinski definition) is 2. The maximum Gasteiger partial charge on any atom is 0.317 e. The number of rotatable bonds is 4. The van der Waals surface area contributed by atoms with E-state index in [0.29, 0.717) is 5.92 Å². The molecule has 5 heteroatoms. The van der Waals surface area contributed by atoms with E-state index in [0.717, 1.165) is 32.4 Å². The first-order valence-corrected chi connectivity index (χ1v) is 8.11. The standard InChI is InChI=1S/C15H24N2O2S/c1-11(9-14-4-3-12(2)20-14)16-15(19)17-7-5-13(10-18)6-8-17/h3-4,11,13,18H,5-10H2,1-2H3,(H,16,19). The average Bonchev–Trinajstić information content (AvgIpc) is 2.84. The van der Waals surface area contributed by atoms with Crippen LogP contribution in [0.4, 0.5) is 4.79 Å². The molecule has 1 saturated heterocycles. The minimum atomic E-state index is 0.0298. The van der Waals surface area contributed by atoms with Crippen molar-refractivity contribution in [3.63, 3.8) is 0 Å². The van der Waals surface area contributed by atoms with Gasteiger partial charge in [-0.25, -0.2) is 4.79 Å². The van der Waals surface area contributed by atoms with Crippen LogP contribution in [-0.2, 0) is 6.42 Å². The van der Waals surface area contributed by atoms with Gasteiger partial charge < -0.3 is 15.3 Å². The van der Waals surface area contributed by atoms with E-state index in [4.69, 9.17) is 5.11 Å². The van der Waals surface area contributed by atoms with Crippen LogP contribution in [0.1, 0.15) is 29.5 Å². The average molecular weight is 296 g/mol. The number of urea groups is 1. The molecule has 0 saturated carbocycles. The highest BCUT2D eigenvalue weighted by Gasteiger charge is 2.23. The minimum Gasteiger partial charge on any atom is -0.396 e. The number of aliphatic hydroxyl groups excluding tert-OH is 1. The predicted molar refractivity (Wildman–Crippen MR) is 82.1 cm³/mol. The number of piperidine rings is 1. The van der Waals surface area contributed by atoms with Gasteiger partial charge in [0.2, 0.25) is 0 Å². The molecule has 0 aromatic carbocycles. The molecule has 1 unspecified atom stereocenters. The summed E-state index contributed by atoms with van der Waals surface area (Å²) in [7, 11) is 0. The van der Waals surface area contributed by atoms with Crippen LogP contribution in [0.2, 0.25) is 0 Å². The lowest BCUT2D eigenvalue weighted by atomic mass is 9.98. The number of amides is 2. The van der Waals surface area contributed by atoms with Gasteiger partial charge in [-0.15, -0.1) is 11.3 Å². The van der Waals surface area contributed by atoms with Crippen molar-refractivity contribution in [3.8, 4) is 0 Å². The molecule has 1 aromatic heterocycles. The van der Waals surface area contributed by atoms with Gasteiger partial charge in [0.15, 0.2) is 0 Å². The van der Waals surface area contributed by atoms with Crippen LogP contribution < -0.4 is 5.32 Å². The van der Waals surface area contributed by atoms with Crippen LogP contribution in [0.15, 0.2) is 12.1 Å².